The van der Waals surface area contributed by atoms with E-state index in [1.165, 1.54) is 37.1 Å². The predicted octanol–water partition coefficient (Wildman–Crippen LogP) is 4.08. The van der Waals surface area contributed by atoms with Crippen LogP contribution in [0.15, 0.2) is 30.6 Å². The second kappa shape index (κ2) is 9.08. The van der Waals surface area contributed by atoms with Gasteiger partial charge < -0.3 is 14.0 Å². The van der Waals surface area contributed by atoms with Crippen LogP contribution in [0.2, 0.25) is 0 Å². The van der Waals surface area contributed by atoms with Crippen molar-refractivity contribution in [3.63, 3.8) is 0 Å². The van der Waals surface area contributed by atoms with Crippen molar-refractivity contribution in [2.75, 3.05) is 27.3 Å². The van der Waals surface area contributed by atoms with Crippen LogP contribution in [0.5, 0.6) is 11.5 Å². The van der Waals surface area contributed by atoms with Gasteiger partial charge in [0, 0.05) is 44.0 Å². The molecule has 142 valence electrons. The first-order chi connectivity index (χ1) is 12.7. The third kappa shape index (κ3) is 4.58. The Balaban J connectivity index is 1.68. The van der Waals surface area contributed by atoms with Crippen molar-refractivity contribution in [3.05, 3.63) is 42.0 Å². The average molecular weight is 357 g/mol. The third-order valence-electron chi connectivity index (χ3n) is 5.19. The first-order valence-electron chi connectivity index (χ1n) is 9.68. The fourth-order valence-corrected chi connectivity index (χ4v) is 3.82. The Labute approximate surface area is 156 Å². The van der Waals surface area contributed by atoms with Crippen LogP contribution in [0.3, 0.4) is 0 Å². The van der Waals surface area contributed by atoms with E-state index in [1.54, 1.807) is 14.2 Å². The van der Waals surface area contributed by atoms with Gasteiger partial charge in [0.2, 0.25) is 0 Å². The second-order valence-corrected chi connectivity index (χ2v) is 7.13. The van der Waals surface area contributed by atoms with E-state index in [-0.39, 0.29) is 0 Å². The van der Waals surface area contributed by atoms with Gasteiger partial charge in [-0.1, -0.05) is 13.3 Å². The lowest BCUT2D eigenvalue weighted by molar-refractivity contribution is 0.194. The lowest BCUT2D eigenvalue weighted by atomic mass is 9.96. The maximum atomic E-state index is 5.41. The van der Waals surface area contributed by atoms with Gasteiger partial charge >= 0.3 is 0 Å². The molecule has 1 aromatic heterocycles. The SMILES string of the molecule is CCCCn1ccnc1[C@H]1CCCN(Cc2cc(OC)cc(OC)c2)C1. The van der Waals surface area contributed by atoms with Crippen molar-refractivity contribution in [1.82, 2.24) is 14.5 Å². The minimum atomic E-state index is 0.517. The standard InChI is InChI=1S/C21H31N3O2/c1-4-5-10-24-11-8-22-21(24)18-7-6-9-23(16-18)15-17-12-19(25-2)14-20(13-17)26-3/h8,11-14,18H,4-7,9-10,15-16H2,1-3H3/t18-/m0/s1. The number of benzene rings is 1. The normalized spacial score (nSPS) is 18.0. The molecule has 26 heavy (non-hydrogen) atoms. The van der Waals surface area contributed by atoms with Crippen LogP contribution in [0, 0.1) is 0 Å². The lowest BCUT2D eigenvalue weighted by Crippen LogP contribution is -2.35. The van der Waals surface area contributed by atoms with Gasteiger partial charge in [-0.3, -0.25) is 4.90 Å². The van der Waals surface area contributed by atoms with Gasteiger partial charge in [0.25, 0.3) is 0 Å². The summed E-state index contributed by atoms with van der Waals surface area (Å²) in [6.07, 6.45) is 8.96. The van der Waals surface area contributed by atoms with Crippen LogP contribution in [0.25, 0.3) is 0 Å². The molecule has 0 bridgehead atoms. The van der Waals surface area contributed by atoms with Gasteiger partial charge in [0.15, 0.2) is 0 Å². The summed E-state index contributed by atoms with van der Waals surface area (Å²) >= 11 is 0. The van der Waals surface area contributed by atoms with Crippen molar-refractivity contribution in [2.24, 2.45) is 0 Å². The summed E-state index contributed by atoms with van der Waals surface area (Å²) in [6.45, 7) is 6.42. The molecule has 2 heterocycles. The number of rotatable bonds is 8. The molecule has 1 aromatic carbocycles. The second-order valence-electron chi connectivity index (χ2n) is 7.13. The van der Waals surface area contributed by atoms with Gasteiger partial charge in [-0.25, -0.2) is 4.98 Å². The molecule has 5 nitrogen and oxygen atoms in total. The van der Waals surface area contributed by atoms with E-state index in [0.717, 1.165) is 37.7 Å². The minimum Gasteiger partial charge on any atom is -0.497 e. The fraction of sp³-hybridized carbons (Fsp3) is 0.571. The van der Waals surface area contributed by atoms with E-state index in [4.69, 9.17) is 9.47 Å². The molecule has 1 saturated heterocycles. The summed E-state index contributed by atoms with van der Waals surface area (Å²) in [6, 6.07) is 6.13. The number of hydrogen-bond acceptors (Lipinski definition) is 4. The quantitative estimate of drug-likeness (QED) is 0.714. The van der Waals surface area contributed by atoms with Crippen molar-refractivity contribution < 1.29 is 9.47 Å². The molecule has 0 aliphatic carbocycles. The molecule has 1 aliphatic rings. The van der Waals surface area contributed by atoms with E-state index in [2.05, 4.69) is 39.7 Å². The van der Waals surface area contributed by atoms with E-state index < -0.39 is 0 Å². The van der Waals surface area contributed by atoms with Crippen molar-refractivity contribution in [1.29, 1.82) is 0 Å². The number of methoxy groups -OCH3 is 2. The Morgan fingerprint density at radius 2 is 1.92 bits per heavy atom. The summed E-state index contributed by atoms with van der Waals surface area (Å²) < 4.78 is 13.2. The maximum absolute atomic E-state index is 5.41. The Bertz CT molecular complexity index is 676. The van der Waals surface area contributed by atoms with Gasteiger partial charge in [-0.2, -0.15) is 0 Å². The minimum absolute atomic E-state index is 0.517. The number of aryl methyl sites for hydroxylation is 1. The zero-order chi connectivity index (χ0) is 18.4. The topological polar surface area (TPSA) is 39.5 Å². The first-order valence-corrected chi connectivity index (χ1v) is 9.68. The van der Waals surface area contributed by atoms with Crippen molar-refractivity contribution in [3.8, 4) is 11.5 Å². The molecule has 0 N–H and O–H groups in total. The monoisotopic (exact) mass is 357 g/mol. The van der Waals surface area contributed by atoms with Crippen LogP contribution < -0.4 is 9.47 Å². The molecule has 3 rings (SSSR count). The molecule has 0 unspecified atom stereocenters. The van der Waals surface area contributed by atoms with Crippen LogP contribution in [-0.4, -0.2) is 41.8 Å². The number of imidazole rings is 1. The first kappa shape index (κ1) is 18.8. The van der Waals surface area contributed by atoms with Crippen molar-refractivity contribution >= 4 is 0 Å². The van der Waals surface area contributed by atoms with Gasteiger partial charge in [-0.05, 0) is 43.5 Å². The highest BCUT2D eigenvalue weighted by molar-refractivity contribution is 5.38. The number of nitrogens with zero attached hydrogens (tertiary/aromatic N) is 3. The van der Waals surface area contributed by atoms with Gasteiger partial charge in [0.05, 0.1) is 14.2 Å². The number of piperidine rings is 1. The smallest absolute Gasteiger partial charge is 0.122 e. The largest absolute Gasteiger partial charge is 0.497 e. The van der Waals surface area contributed by atoms with Crippen LogP contribution in [0.4, 0.5) is 0 Å². The number of likely N-dealkylation sites (tertiary alicyclic amines) is 1. The Hall–Kier alpha value is -2.01. The molecule has 0 saturated carbocycles. The summed E-state index contributed by atoms with van der Waals surface area (Å²) in [4.78, 5) is 7.21. The molecule has 5 heteroatoms. The van der Waals surface area contributed by atoms with Crippen LogP contribution >= 0.6 is 0 Å². The lowest BCUT2D eigenvalue weighted by Gasteiger charge is -2.32. The highest BCUT2D eigenvalue weighted by Crippen LogP contribution is 2.29. The molecule has 0 radical (unpaired) electrons. The molecular weight excluding hydrogens is 326 g/mol. The van der Waals surface area contributed by atoms with E-state index in [1.807, 2.05) is 12.3 Å². The number of aromatic nitrogens is 2. The number of hydrogen-bond donors (Lipinski definition) is 0. The Morgan fingerprint density at radius 1 is 1.15 bits per heavy atom. The molecular formula is C21H31N3O2. The van der Waals surface area contributed by atoms with Crippen molar-refractivity contribution in [2.45, 2.75) is 51.6 Å². The number of ether oxygens (including phenoxy) is 2. The Kier molecular flexibility index (Phi) is 6.56. The predicted molar refractivity (Wildman–Crippen MR) is 104 cm³/mol. The summed E-state index contributed by atoms with van der Waals surface area (Å²) in [5.74, 6) is 3.47. The molecule has 0 spiro atoms. The summed E-state index contributed by atoms with van der Waals surface area (Å²) in [5, 5.41) is 0. The zero-order valence-corrected chi connectivity index (χ0v) is 16.3. The van der Waals surface area contributed by atoms with E-state index in [9.17, 15) is 0 Å². The van der Waals surface area contributed by atoms with E-state index >= 15 is 0 Å². The zero-order valence-electron chi connectivity index (χ0n) is 16.3. The Morgan fingerprint density at radius 3 is 2.62 bits per heavy atom. The maximum Gasteiger partial charge on any atom is 0.122 e. The molecule has 1 atom stereocenters. The van der Waals surface area contributed by atoms with Crippen LogP contribution in [-0.2, 0) is 13.1 Å². The highest BCUT2D eigenvalue weighted by atomic mass is 16.5. The molecule has 2 aromatic rings. The summed E-state index contributed by atoms with van der Waals surface area (Å²) in [7, 11) is 3.40. The van der Waals surface area contributed by atoms with Gasteiger partial charge in [0.1, 0.15) is 17.3 Å². The average Bonchev–Trinajstić information content (AvgIpc) is 3.14. The molecule has 0 amide bonds. The summed E-state index contributed by atoms with van der Waals surface area (Å²) in [5.41, 5.74) is 1.23. The molecule has 1 aliphatic heterocycles. The van der Waals surface area contributed by atoms with Crippen LogP contribution in [0.1, 0.15) is 49.9 Å². The van der Waals surface area contributed by atoms with E-state index in [0.29, 0.717) is 5.92 Å². The van der Waals surface area contributed by atoms with Gasteiger partial charge in [-0.15, -0.1) is 0 Å². The molecule has 1 fully saturated rings. The fourth-order valence-electron chi connectivity index (χ4n) is 3.82. The number of unbranched alkanes of at least 4 members (excludes halogenated alkanes) is 1. The third-order valence-corrected chi connectivity index (χ3v) is 5.19. The highest BCUT2D eigenvalue weighted by Gasteiger charge is 2.24.